The third-order valence-electron chi connectivity index (χ3n) is 4.91. The van der Waals surface area contributed by atoms with Crippen LogP contribution in [0.2, 0.25) is 0 Å². The largest absolute Gasteiger partial charge is 0.379 e. The molecule has 0 saturated heterocycles. The summed E-state index contributed by atoms with van der Waals surface area (Å²) in [6.07, 6.45) is 3.03. The van der Waals surface area contributed by atoms with Crippen molar-refractivity contribution in [3.63, 3.8) is 0 Å². The van der Waals surface area contributed by atoms with Gasteiger partial charge in [-0.2, -0.15) is 5.26 Å². The van der Waals surface area contributed by atoms with Gasteiger partial charge >= 0.3 is 0 Å². The predicted octanol–water partition coefficient (Wildman–Crippen LogP) is 3.01. The van der Waals surface area contributed by atoms with Gasteiger partial charge in [0.15, 0.2) is 5.17 Å². The quantitative estimate of drug-likeness (QED) is 0.850. The number of benzene rings is 1. The maximum Gasteiger partial charge on any atom is 0.274 e. The zero-order valence-electron chi connectivity index (χ0n) is 14.3. The number of anilines is 1. The number of aliphatic imine (C=N–C) groups is 1. The lowest BCUT2D eigenvalue weighted by Crippen LogP contribution is -2.17. The van der Waals surface area contributed by atoms with E-state index in [4.69, 9.17) is 11.0 Å². The van der Waals surface area contributed by atoms with Crippen LogP contribution in [0, 0.1) is 23.1 Å². The molecule has 1 saturated carbocycles. The van der Waals surface area contributed by atoms with E-state index in [0.29, 0.717) is 22.0 Å². The molecule has 1 fully saturated rings. The number of rotatable bonds is 3. The van der Waals surface area contributed by atoms with Crippen LogP contribution in [-0.2, 0) is 5.54 Å². The predicted molar refractivity (Wildman–Crippen MR) is 102 cm³/mol. The van der Waals surface area contributed by atoms with Gasteiger partial charge in [0.25, 0.3) is 5.91 Å². The van der Waals surface area contributed by atoms with Crippen LogP contribution in [0.4, 0.5) is 10.1 Å². The molecule has 8 heteroatoms. The number of amides is 1. The summed E-state index contributed by atoms with van der Waals surface area (Å²) >= 11 is 1.49. The minimum absolute atomic E-state index is 0.176. The molecule has 27 heavy (non-hydrogen) atoms. The van der Waals surface area contributed by atoms with Crippen molar-refractivity contribution in [3.05, 3.63) is 59.2 Å². The molecule has 2 heterocycles. The fraction of sp³-hybridized carbons (Fsp3) is 0.263. The number of carbonyl (C=O) groups is 1. The summed E-state index contributed by atoms with van der Waals surface area (Å²) < 4.78 is 14.6. The first-order valence-corrected chi connectivity index (χ1v) is 9.46. The van der Waals surface area contributed by atoms with Crippen molar-refractivity contribution in [3.8, 4) is 6.07 Å². The molecule has 4 rings (SSSR count). The first kappa shape index (κ1) is 17.5. The van der Waals surface area contributed by atoms with Crippen molar-refractivity contribution in [2.75, 3.05) is 11.1 Å². The van der Waals surface area contributed by atoms with Gasteiger partial charge in [-0.3, -0.25) is 9.79 Å². The van der Waals surface area contributed by atoms with Gasteiger partial charge in [-0.05, 0) is 49.1 Å². The first-order valence-electron chi connectivity index (χ1n) is 8.47. The Morgan fingerprint density at radius 2 is 2.26 bits per heavy atom. The summed E-state index contributed by atoms with van der Waals surface area (Å²) in [5.74, 6) is 0.368. The number of aromatic nitrogens is 1. The molecule has 2 aliphatic rings. The number of nitrogens with two attached hydrogens (primary N) is 1. The number of nitrogens with one attached hydrogen (secondary N) is 1. The number of halogens is 1. The zero-order chi connectivity index (χ0) is 19.0. The van der Waals surface area contributed by atoms with Crippen molar-refractivity contribution < 1.29 is 9.18 Å². The van der Waals surface area contributed by atoms with E-state index < -0.39 is 11.4 Å². The van der Waals surface area contributed by atoms with E-state index in [1.54, 1.807) is 6.07 Å². The lowest BCUT2D eigenvalue weighted by molar-refractivity contribution is 0.102. The van der Waals surface area contributed by atoms with E-state index in [-0.39, 0.29) is 17.4 Å². The number of nitriles is 1. The Balaban J connectivity index is 1.60. The molecule has 136 valence electrons. The van der Waals surface area contributed by atoms with Crippen LogP contribution in [0.3, 0.4) is 0 Å². The average Bonchev–Trinajstić information content (AvgIpc) is 3.38. The number of fused-ring (bicyclic) bond motifs is 1. The highest BCUT2D eigenvalue weighted by Gasteiger charge is 2.57. The number of hydrogen-bond donors (Lipinski definition) is 2. The summed E-state index contributed by atoms with van der Waals surface area (Å²) in [5, 5.41) is 12.0. The monoisotopic (exact) mass is 381 g/mol. The highest BCUT2D eigenvalue weighted by atomic mass is 32.2. The van der Waals surface area contributed by atoms with E-state index in [1.807, 2.05) is 6.07 Å². The van der Waals surface area contributed by atoms with Crippen molar-refractivity contribution >= 4 is 28.5 Å². The van der Waals surface area contributed by atoms with Crippen molar-refractivity contribution in [1.82, 2.24) is 4.98 Å². The van der Waals surface area contributed by atoms with Crippen molar-refractivity contribution in [1.29, 1.82) is 5.26 Å². The molecule has 0 unspecified atom stereocenters. The number of nitrogens with zero attached hydrogens (tertiary/aromatic N) is 3. The SMILES string of the molecule is N#Cc1ccc(C(=O)Nc2ccc(F)c([C@]34C[C@H]3CCSC(N)=N4)c2)nc1. The number of thioether (sulfide) groups is 1. The topological polar surface area (TPSA) is 104 Å². The summed E-state index contributed by atoms with van der Waals surface area (Å²) in [4.78, 5) is 20.9. The Bertz CT molecular complexity index is 985. The van der Waals surface area contributed by atoms with Crippen LogP contribution in [0.1, 0.15) is 34.5 Å². The molecule has 0 bridgehead atoms. The van der Waals surface area contributed by atoms with E-state index in [2.05, 4.69) is 15.3 Å². The Hall–Kier alpha value is -2.92. The molecular formula is C19H16FN5OS. The van der Waals surface area contributed by atoms with Gasteiger partial charge in [0.1, 0.15) is 17.6 Å². The fourth-order valence-electron chi connectivity index (χ4n) is 3.44. The molecule has 6 nitrogen and oxygen atoms in total. The number of pyridine rings is 1. The molecule has 1 amide bonds. The van der Waals surface area contributed by atoms with E-state index in [0.717, 1.165) is 18.6 Å². The van der Waals surface area contributed by atoms with Crippen LogP contribution < -0.4 is 11.1 Å². The summed E-state index contributed by atoms with van der Waals surface area (Å²) in [7, 11) is 0. The Kier molecular flexibility index (Phi) is 4.32. The number of hydrogen-bond acceptors (Lipinski definition) is 6. The lowest BCUT2D eigenvalue weighted by Gasteiger charge is -2.15. The summed E-state index contributed by atoms with van der Waals surface area (Å²) in [5.41, 5.74) is 6.79. The van der Waals surface area contributed by atoms with Crippen molar-refractivity contribution in [2.24, 2.45) is 16.6 Å². The molecule has 0 spiro atoms. The molecule has 2 aromatic rings. The molecule has 1 aromatic heterocycles. The van der Waals surface area contributed by atoms with Crippen LogP contribution in [0.15, 0.2) is 41.5 Å². The number of carbonyl (C=O) groups excluding carboxylic acids is 1. The van der Waals surface area contributed by atoms with Gasteiger partial charge in [-0.15, -0.1) is 0 Å². The second-order valence-corrected chi connectivity index (χ2v) is 7.72. The van der Waals surface area contributed by atoms with Crippen LogP contribution in [0.5, 0.6) is 0 Å². The summed E-state index contributed by atoms with van der Waals surface area (Å²) in [6, 6.07) is 9.42. The summed E-state index contributed by atoms with van der Waals surface area (Å²) in [6.45, 7) is 0. The smallest absolute Gasteiger partial charge is 0.274 e. The Morgan fingerprint density at radius 3 is 3.00 bits per heavy atom. The fourth-order valence-corrected chi connectivity index (χ4v) is 4.28. The third-order valence-corrected chi connectivity index (χ3v) is 5.74. The second kappa shape index (κ2) is 6.67. The van der Waals surface area contributed by atoms with Crippen LogP contribution in [0.25, 0.3) is 0 Å². The molecule has 3 N–H and O–H groups in total. The minimum atomic E-state index is -0.620. The number of amidine groups is 1. The van der Waals surface area contributed by atoms with E-state index in [9.17, 15) is 9.18 Å². The van der Waals surface area contributed by atoms with Crippen LogP contribution in [-0.4, -0.2) is 21.8 Å². The lowest BCUT2D eigenvalue weighted by atomic mass is 10.0. The molecule has 1 aromatic carbocycles. The molecule has 1 aliphatic carbocycles. The van der Waals surface area contributed by atoms with Gasteiger partial charge in [-0.1, -0.05) is 11.8 Å². The maximum atomic E-state index is 14.6. The Labute approximate surface area is 159 Å². The second-order valence-electron chi connectivity index (χ2n) is 6.61. The normalized spacial score (nSPS) is 23.4. The van der Waals surface area contributed by atoms with E-state index >= 15 is 0 Å². The zero-order valence-corrected chi connectivity index (χ0v) is 15.1. The van der Waals surface area contributed by atoms with Gasteiger partial charge in [0, 0.05) is 23.2 Å². The molecule has 2 atom stereocenters. The van der Waals surface area contributed by atoms with Gasteiger partial charge < -0.3 is 11.1 Å². The average molecular weight is 381 g/mol. The minimum Gasteiger partial charge on any atom is -0.379 e. The molecule has 0 radical (unpaired) electrons. The van der Waals surface area contributed by atoms with Gasteiger partial charge in [-0.25, -0.2) is 9.37 Å². The molecule has 1 aliphatic heterocycles. The van der Waals surface area contributed by atoms with Gasteiger partial charge in [0.2, 0.25) is 0 Å². The first-order chi connectivity index (χ1) is 13.0. The van der Waals surface area contributed by atoms with Gasteiger partial charge in [0.05, 0.1) is 11.1 Å². The third kappa shape index (κ3) is 3.26. The Morgan fingerprint density at radius 1 is 1.41 bits per heavy atom. The standard InChI is InChI=1S/C19H16FN5OS/c20-15-3-2-13(24-17(26)16-4-1-11(9-21)10-23-16)7-14(15)19-8-12(19)5-6-27-18(22)25-19/h1-4,7,10,12H,5-6,8H2,(H2,22,25)(H,24,26)/t12-,19+/m1/s1. The van der Waals surface area contributed by atoms with Crippen LogP contribution >= 0.6 is 11.8 Å². The molecular weight excluding hydrogens is 365 g/mol. The highest BCUT2D eigenvalue weighted by molar-refractivity contribution is 8.13. The maximum absolute atomic E-state index is 14.6. The highest BCUT2D eigenvalue weighted by Crippen LogP contribution is 2.59. The van der Waals surface area contributed by atoms with E-state index in [1.165, 1.54) is 42.2 Å². The van der Waals surface area contributed by atoms with Crippen molar-refractivity contribution in [2.45, 2.75) is 18.4 Å².